The van der Waals surface area contributed by atoms with Crippen LogP contribution in [-0.2, 0) is 0 Å². The lowest BCUT2D eigenvalue weighted by Gasteiger charge is -2.05. The number of hydrogen-bond donors (Lipinski definition) is 2. The van der Waals surface area contributed by atoms with E-state index in [2.05, 4.69) is 10.5 Å². The van der Waals surface area contributed by atoms with Crippen LogP contribution in [0.4, 0.5) is 17.1 Å². The molecule has 0 unspecified atom stereocenters. The summed E-state index contributed by atoms with van der Waals surface area (Å²) in [5.74, 6) is -0.678. The number of ether oxygens (including phenoxy) is 1. The molecule has 0 radical (unpaired) electrons. The summed E-state index contributed by atoms with van der Waals surface area (Å²) in [6.45, 7) is 0. The van der Waals surface area contributed by atoms with Crippen molar-refractivity contribution in [2.75, 3.05) is 12.5 Å². The van der Waals surface area contributed by atoms with E-state index in [1.54, 1.807) is 6.07 Å². The first-order valence-electron chi connectivity index (χ1n) is 6.52. The minimum atomic E-state index is -0.759. The Morgan fingerprint density at radius 2 is 1.83 bits per heavy atom. The molecule has 10 heteroatoms. The lowest BCUT2D eigenvalue weighted by molar-refractivity contribution is -0.386. The minimum Gasteiger partial charge on any atom is -0.500 e. The molecule has 0 atom stereocenters. The van der Waals surface area contributed by atoms with Crippen molar-refractivity contribution in [2.45, 2.75) is 0 Å². The normalized spacial score (nSPS) is 10.5. The molecule has 0 spiro atoms. The van der Waals surface area contributed by atoms with Gasteiger partial charge in [0.15, 0.2) is 5.75 Å². The Morgan fingerprint density at radius 3 is 2.46 bits per heavy atom. The van der Waals surface area contributed by atoms with Crippen LogP contribution in [0.15, 0.2) is 41.5 Å². The van der Waals surface area contributed by atoms with Gasteiger partial charge in [-0.2, -0.15) is 5.10 Å². The number of hydrogen-bond acceptors (Lipinski definition) is 8. The summed E-state index contributed by atoms with van der Waals surface area (Å²) in [6, 6.07) is 8.33. The van der Waals surface area contributed by atoms with E-state index in [0.29, 0.717) is 0 Å². The van der Waals surface area contributed by atoms with Crippen LogP contribution in [0.3, 0.4) is 0 Å². The predicted molar refractivity (Wildman–Crippen MR) is 85.6 cm³/mol. The zero-order valence-electron chi connectivity index (χ0n) is 12.4. The molecule has 0 aliphatic heterocycles. The lowest BCUT2D eigenvalue weighted by atomic mass is 10.2. The van der Waals surface area contributed by atoms with Crippen molar-refractivity contribution in [1.82, 2.24) is 0 Å². The fourth-order valence-corrected chi connectivity index (χ4v) is 1.89. The van der Waals surface area contributed by atoms with Gasteiger partial charge in [0.25, 0.3) is 5.69 Å². The number of methoxy groups -OCH3 is 1. The molecule has 2 aromatic carbocycles. The number of phenols is 1. The number of benzene rings is 2. The highest BCUT2D eigenvalue weighted by Crippen LogP contribution is 2.36. The quantitative estimate of drug-likeness (QED) is 0.470. The van der Waals surface area contributed by atoms with Crippen molar-refractivity contribution in [1.29, 1.82) is 0 Å². The van der Waals surface area contributed by atoms with Gasteiger partial charge in [-0.1, -0.05) is 12.1 Å². The topological polar surface area (TPSA) is 140 Å². The fourth-order valence-electron chi connectivity index (χ4n) is 1.89. The van der Waals surface area contributed by atoms with E-state index >= 15 is 0 Å². The number of anilines is 1. The van der Waals surface area contributed by atoms with Crippen LogP contribution in [0.2, 0.25) is 0 Å². The Morgan fingerprint density at radius 1 is 1.17 bits per heavy atom. The highest BCUT2D eigenvalue weighted by Gasteiger charge is 2.19. The van der Waals surface area contributed by atoms with Gasteiger partial charge in [-0.15, -0.1) is 0 Å². The summed E-state index contributed by atoms with van der Waals surface area (Å²) in [6.07, 6.45) is 1.21. The van der Waals surface area contributed by atoms with Crippen LogP contribution in [0, 0.1) is 20.2 Å². The number of rotatable bonds is 6. The zero-order valence-corrected chi connectivity index (χ0v) is 12.4. The number of nitro benzene ring substituents is 2. The van der Waals surface area contributed by atoms with Crippen molar-refractivity contribution in [3.63, 3.8) is 0 Å². The summed E-state index contributed by atoms with van der Waals surface area (Å²) in [4.78, 5) is 20.5. The smallest absolute Gasteiger partial charge is 0.315 e. The summed E-state index contributed by atoms with van der Waals surface area (Å²) in [7, 11) is 1.26. The number of nitrogens with zero attached hydrogens (tertiary/aromatic N) is 3. The van der Waals surface area contributed by atoms with E-state index in [1.165, 1.54) is 37.6 Å². The Balaban J connectivity index is 2.28. The monoisotopic (exact) mass is 332 g/mol. The summed E-state index contributed by atoms with van der Waals surface area (Å²) >= 11 is 0. The molecule has 124 valence electrons. The zero-order chi connectivity index (χ0) is 17.7. The number of hydrazone groups is 1. The molecule has 0 saturated heterocycles. The molecular formula is C14H12N4O6. The third-order valence-electron chi connectivity index (χ3n) is 2.99. The molecule has 0 amide bonds. The van der Waals surface area contributed by atoms with Gasteiger partial charge in [0.05, 0.1) is 23.2 Å². The second kappa shape index (κ2) is 7.05. The van der Waals surface area contributed by atoms with Gasteiger partial charge in [-0.3, -0.25) is 25.7 Å². The number of aromatic hydroxyl groups is 1. The van der Waals surface area contributed by atoms with E-state index in [-0.39, 0.29) is 22.7 Å². The molecule has 0 bridgehead atoms. The minimum absolute atomic E-state index is 0.0867. The molecule has 2 aromatic rings. The largest absolute Gasteiger partial charge is 0.500 e. The van der Waals surface area contributed by atoms with Crippen LogP contribution in [0.1, 0.15) is 5.56 Å². The Labute approximate surface area is 135 Å². The predicted octanol–water partition coefficient (Wildman–Crippen LogP) is 2.66. The summed E-state index contributed by atoms with van der Waals surface area (Å²) in [5, 5.41) is 35.3. The van der Waals surface area contributed by atoms with Gasteiger partial charge in [0.1, 0.15) is 5.69 Å². The first-order chi connectivity index (χ1) is 11.4. The van der Waals surface area contributed by atoms with E-state index < -0.39 is 21.3 Å². The maximum atomic E-state index is 10.9. The van der Waals surface area contributed by atoms with Crippen molar-refractivity contribution < 1.29 is 19.7 Å². The maximum Gasteiger partial charge on any atom is 0.315 e. The Kier molecular flexibility index (Phi) is 4.90. The first kappa shape index (κ1) is 16.7. The van der Waals surface area contributed by atoms with Crippen molar-refractivity contribution >= 4 is 23.3 Å². The fraction of sp³-hybridized carbons (Fsp3) is 0.0714. The molecule has 0 heterocycles. The van der Waals surface area contributed by atoms with E-state index in [4.69, 9.17) is 4.74 Å². The van der Waals surface area contributed by atoms with Crippen molar-refractivity contribution in [2.24, 2.45) is 5.10 Å². The number of phenolic OH excluding ortho intramolecular Hbond substituents is 1. The molecule has 0 aliphatic rings. The number of nitrogens with one attached hydrogen (secondary N) is 1. The first-order valence-corrected chi connectivity index (χ1v) is 6.52. The van der Waals surface area contributed by atoms with Crippen LogP contribution in [-0.4, -0.2) is 28.3 Å². The number of nitro groups is 2. The van der Waals surface area contributed by atoms with Gasteiger partial charge in [0, 0.05) is 17.7 Å². The highest BCUT2D eigenvalue weighted by molar-refractivity contribution is 5.84. The van der Waals surface area contributed by atoms with Crippen LogP contribution in [0.25, 0.3) is 0 Å². The number of para-hydroxylation sites is 2. The molecular weight excluding hydrogens is 320 g/mol. The van der Waals surface area contributed by atoms with Crippen LogP contribution >= 0.6 is 0 Å². The summed E-state index contributed by atoms with van der Waals surface area (Å²) in [5.41, 5.74) is 2.23. The van der Waals surface area contributed by atoms with Crippen molar-refractivity contribution in [3.05, 3.63) is 62.2 Å². The second-order valence-electron chi connectivity index (χ2n) is 4.49. The molecule has 0 fully saturated rings. The molecule has 2 N–H and O–H groups in total. The molecule has 0 aromatic heterocycles. The Bertz CT molecular complexity index is 821. The molecule has 24 heavy (non-hydrogen) atoms. The van der Waals surface area contributed by atoms with Crippen molar-refractivity contribution in [3.8, 4) is 11.5 Å². The SMILES string of the molecule is COc1cc(/C=N/Nc2ccccc2[N+](=O)[O-])cc([N+](=O)[O-])c1O. The third-order valence-corrected chi connectivity index (χ3v) is 2.99. The van der Waals surface area contributed by atoms with E-state index in [1.807, 2.05) is 0 Å². The standard InChI is InChI=1S/C14H12N4O6/c1-24-13-7-9(6-12(14(13)19)18(22)23)8-15-16-10-4-2-3-5-11(10)17(20)21/h2-8,16,19H,1H3/b15-8+. The third kappa shape index (κ3) is 3.55. The second-order valence-corrected chi connectivity index (χ2v) is 4.49. The molecule has 0 saturated carbocycles. The van der Waals surface area contributed by atoms with Gasteiger partial charge in [-0.05, 0) is 12.1 Å². The van der Waals surface area contributed by atoms with Gasteiger partial charge in [-0.25, -0.2) is 0 Å². The molecule has 2 rings (SSSR count). The Hall–Kier alpha value is -3.69. The average molecular weight is 332 g/mol. The van der Waals surface area contributed by atoms with E-state index in [9.17, 15) is 25.3 Å². The van der Waals surface area contributed by atoms with Crippen LogP contribution in [0.5, 0.6) is 11.5 Å². The average Bonchev–Trinajstić information content (AvgIpc) is 2.56. The molecule has 10 nitrogen and oxygen atoms in total. The van der Waals surface area contributed by atoms with E-state index in [0.717, 1.165) is 6.07 Å². The highest BCUT2D eigenvalue weighted by atomic mass is 16.6. The summed E-state index contributed by atoms with van der Waals surface area (Å²) < 4.78 is 4.87. The van der Waals surface area contributed by atoms with Gasteiger partial charge in [0.2, 0.25) is 5.75 Å². The van der Waals surface area contributed by atoms with Gasteiger partial charge < -0.3 is 9.84 Å². The van der Waals surface area contributed by atoms with Gasteiger partial charge >= 0.3 is 5.69 Å². The lowest BCUT2D eigenvalue weighted by Crippen LogP contribution is -1.98. The van der Waals surface area contributed by atoms with Crippen LogP contribution < -0.4 is 10.2 Å². The maximum absolute atomic E-state index is 10.9. The molecule has 0 aliphatic carbocycles.